The van der Waals surface area contributed by atoms with Gasteiger partial charge in [-0.05, 0) is 5.21 Å². The van der Waals surface area contributed by atoms with Crippen molar-refractivity contribution in [1.82, 2.24) is 30.6 Å². The normalized spacial score (nSPS) is 10.0. The van der Waals surface area contributed by atoms with E-state index >= 15 is 0 Å². The Kier molecular flexibility index (Phi) is 0.970. The van der Waals surface area contributed by atoms with E-state index in [-0.39, 0.29) is 0 Å². The predicted octanol–water partition coefficient (Wildman–Crippen LogP) is -0.790. The second kappa shape index (κ2) is 1.90. The van der Waals surface area contributed by atoms with Crippen LogP contribution in [0.5, 0.6) is 0 Å². The van der Waals surface area contributed by atoms with Gasteiger partial charge in [-0.1, -0.05) is 0 Å². The van der Waals surface area contributed by atoms with Gasteiger partial charge < -0.3 is 0 Å². The predicted molar refractivity (Wildman–Crippen MR) is 30.7 cm³/mol. The summed E-state index contributed by atoms with van der Waals surface area (Å²) >= 11 is 0. The van der Waals surface area contributed by atoms with Crippen molar-refractivity contribution in [3.05, 3.63) is 12.5 Å². The molecule has 2 aromatic rings. The molecule has 6 heteroatoms. The molecule has 0 aliphatic heterocycles. The molecule has 48 valence electrons. The minimum Gasteiger partial charge on any atom is -0.229 e. The molecule has 0 saturated heterocycles. The van der Waals surface area contributed by atoms with E-state index in [1.54, 1.807) is 0 Å². The topological polar surface area (TPSA) is 77.3 Å². The van der Waals surface area contributed by atoms with Crippen molar-refractivity contribution < 1.29 is 0 Å². The van der Waals surface area contributed by atoms with Gasteiger partial charge in [0.15, 0.2) is 0 Å². The Bertz CT molecular complexity index is 281. The first-order valence-corrected chi connectivity index (χ1v) is 2.58. The van der Waals surface area contributed by atoms with Gasteiger partial charge in [-0.3, -0.25) is 0 Å². The average molecular weight is 134 g/mol. The molecule has 0 spiro atoms. The number of fused-ring (bicyclic) bond motifs is 1. The molecule has 6 nitrogen and oxygen atoms in total. The lowest BCUT2D eigenvalue weighted by Crippen LogP contribution is -1.93. The van der Waals surface area contributed by atoms with Crippen LogP contribution in [-0.2, 0) is 0 Å². The lowest BCUT2D eigenvalue weighted by atomic mass is 10.6. The molecular formula is C4H2N6. The van der Waals surface area contributed by atoms with Crippen LogP contribution in [-0.4, -0.2) is 30.6 Å². The summed E-state index contributed by atoms with van der Waals surface area (Å²) in [6, 6.07) is 0. The summed E-state index contributed by atoms with van der Waals surface area (Å²) in [6.07, 6.45) is 2.82. The first-order valence-electron chi connectivity index (χ1n) is 2.58. The summed E-state index contributed by atoms with van der Waals surface area (Å²) in [6.45, 7) is 0. The number of aromatic nitrogens is 6. The van der Waals surface area contributed by atoms with Gasteiger partial charge in [0, 0.05) is 0 Å². The van der Waals surface area contributed by atoms with Crippen LogP contribution in [0, 0.1) is 0 Å². The quantitative estimate of drug-likeness (QED) is 0.469. The van der Waals surface area contributed by atoms with Gasteiger partial charge in [0.05, 0.1) is 6.20 Å². The van der Waals surface area contributed by atoms with Crippen molar-refractivity contribution in [2.24, 2.45) is 0 Å². The van der Waals surface area contributed by atoms with Gasteiger partial charge in [0.1, 0.15) is 11.8 Å². The highest BCUT2D eigenvalue weighted by atomic mass is 15.3. The molecule has 2 rings (SSSR count). The van der Waals surface area contributed by atoms with Crippen molar-refractivity contribution in [1.29, 1.82) is 0 Å². The molecular weight excluding hydrogens is 132 g/mol. The van der Waals surface area contributed by atoms with Crippen molar-refractivity contribution in [3.63, 3.8) is 0 Å². The Morgan fingerprint density at radius 2 is 2.10 bits per heavy atom. The molecule has 10 heavy (non-hydrogen) atoms. The van der Waals surface area contributed by atoms with E-state index in [9.17, 15) is 0 Å². The van der Waals surface area contributed by atoms with Crippen LogP contribution in [0.15, 0.2) is 12.5 Å². The third kappa shape index (κ3) is 0.661. The Morgan fingerprint density at radius 3 is 3.00 bits per heavy atom. The van der Waals surface area contributed by atoms with Crippen molar-refractivity contribution in [2.45, 2.75) is 0 Å². The fraction of sp³-hybridized carbons (Fsp3) is 0. The molecule has 0 amide bonds. The third-order valence-corrected chi connectivity index (χ3v) is 1.00. The molecule has 2 aromatic heterocycles. The largest absolute Gasteiger partial charge is 0.229 e. The van der Waals surface area contributed by atoms with Gasteiger partial charge in [0.25, 0.3) is 0 Å². The number of hydrogen-bond donors (Lipinski definition) is 0. The Morgan fingerprint density at radius 1 is 1.10 bits per heavy atom. The number of nitrogens with zero attached hydrogens (tertiary/aromatic N) is 6. The minimum atomic E-state index is 0.414. The van der Waals surface area contributed by atoms with Crippen LogP contribution in [0.25, 0.3) is 11.2 Å². The van der Waals surface area contributed by atoms with E-state index in [0.717, 1.165) is 0 Å². The van der Waals surface area contributed by atoms with E-state index in [1.807, 2.05) is 0 Å². The zero-order chi connectivity index (χ0) is 6.81. The Balaban J connectivity index is 2.89. The van der Waals surface area contributed by atoms with E-state index < -0.39 is 0 Å². The van der Waals surface area contributed by atoms with Crippen LogP contribution < -0.4 is 0 Å². The fourth-order valence-electron chi connectivity index (χ4n) is 0.588. The Hall–Kier alpha value is -1.72. The highest BCUT2D eigenvalue weighted by Gasteiger charge is 1.93. The first kappa shape index (κ1) is 5.10. The van der Waals surface area contributed by atoms with Gasteiger partial charge in [0.2, 0.25) is 5.65 Å². The molecule has 0 aromatic carbocycles. The molecule has 0 atom stereocenters. The summed E-state index contributed by atoms with van der Waals surface area (Å²) in [5, 5.41) is 17.7. The van der Waals surface area contributed by atoms with Gasteiger partial charge in [-0.15, -0.1) is 20.4 Å². The summed E-state index contributed by atoms with van der Waals surface area (Å²) in [5.74, 6) is 0. The molecule has 0 aliphatic rings. The molecule has 0 N–H and O–H groups in total. The molecule has 0 unspecified atom stereocenters. The smallest absolute Gasteiger partial charge is 0.225 e. The maximum absolute atomic E-state index is 3.84. The van der Waals surface area contributed by atoms with E-state index in [2.05, 4.69) is 30.6 Å². The summed E-state index contributed by atoms with van der Waals surface area (Å²) in [4.78, 5) is 3.84. The van der Waals surface area contributed by atoms with Crippen LogP contribution in [0.3, 0.4) is 0 Å². The van der Waals surface area contributed by atoms with Gasteiger partial charge >= 0.3 is 0 Å². The van der Waals surface area contributed by atoms with Crippen molar-refractivity contribution >= 4 is 11.2 Å². The third-order valence-electron chi connectivity index (χ3n) is 1.00. The minimum absolute atomic E-state index is 0.414. The van der Waals surface area contributed by atoms with E-state index in [0.29, 0.717) is 11.2 Å². The lowest BCUT2D eigenvalue weighted by molar-refractivity contribution is 0.859. The molecule has 0 bridgehead atoms. The van der Waals surface area contributed by atoms with Crippen LogP contribution in [0.4, 0.5) is 0 Å². The standard InChI is InChI=1S/C4H2N6/c1-3-4(9-10-6-1)8-7-2-5-3/h1-2H. The van der Waals surface area contributed by atoms with Crippen molar-refractivity contribution in [3.8, 4) is 0 Å². The number of rotatable bonds is 0. The highest BCUT2D eigenvalue weighted by Crippen LogP contribution is 1.95. The van der Waals surface area contributed by atoms with Crippen LogP contribution >= 0.6 is 0 Å². The molecule has 0 aliphatic carbocycles. The van der Waals surface area contributed by atoms with E-state index in [4.69, 9.17) is 0 Å². The summed E-state index contributed by atoms with van der Waals surface area (Å²) in [7, 11) is 0. The average Bonchev–Trinajstić information content (AvgIpc) is 2.05. The number of hydrogen-bond acceptors (Lipinski definition) is 6. The fourth-order valence-corrected chi connectivity index (χ4v) is 0.588. The van der Waals surface area contributed by atoms with Crippen LogP contribution in [0.2, 0.25) is 0 Å². The Labute approximate surface area is 55.3 Å². The maximum atomic E-state index is 3.84. The monoisotopic (exact) mass is 134 g/mol. The first-order chi connectivity index (χ1) is 4.97. The molecule has 0 fully saturated rings. The van der Waals surface area contributed by atoms with Gasteiger partial charge in [-0.25, -0.2) is 4.98 Å². The second-order valence-corrected chi connectivity index (χ2v) is 1.60. The van der Waals surface area contributed by atoms with Gasteiger partial charge in [-0.2, -0.15) is 0 Å². The molecule has 0 radical (unpaired) electrons. The molecule has 2 heterocycles. The van der Waals surface area contributed by atoms with E-state index in [1.165, 1.54) is 12.5 Å². The summed E-state index contributed by atoms with van der Waals surface area (Å²) < 4.78 is 0. The van der Waals surface area contributed by atoms with Crippen LogP contribution in [0.1, 0.15) is 0 Å². The van der Waals surface area contributed by atoms with Crippen molar-refractivity contribution in [2.75, 3.05) is 0 Å². The molecule has 0 saturated carbocycles. The zero-order valence-corrected chi connectivity index (χ0v) is 4.84. The highest BCUT2D eigenvalue weighted by molar-refractivity contribution is 5.65. The maximum Gasteiger partial charge on any atom is 0.225 e. The zero-order valence-electron chi connectivity index (χ0n) is 4.84. The lowest BCUT2D eigenvalue weighted by Gasteiger charge is -1.86. The summed E-state index contributed by atoms with van der Waals surface area (Å²) in [5.41, 5.74) is 1.02. The SMILES string of the molecule is c1nnc2nnncc2n1. The second-order valence-electron chi connectivity index (χ2n) is 1.60.